The second kappa shape index (κ2) is 7.30. The van der Waals surface area contributed by atoms with Crippen molar-refractivity contribution in [2.45, 2.75) is 32.7 Å². The summed E-state index contributed by atoms with van der Waals surface area (Å²) in [5.74, 6) is 5.86. The predicted molar refractivity (Wildman–Crippen MR) is 82.2 cm³/mol. The molecule has 0 aliphatic carbocycles. The van der Waals surface area contributed by atoms with Crippen molar-refractivity contribution in [3.63, 3.8) is 0 Å². The van der Waals surface area contributed by atoms with Crippen LogP contribution in [-0.4, -0.2) is 31.5 Å². The first-order valence-corrected chi connectivity index (χ1v) is 7.23. The first kappa shape index (κ1) is 16.3. The molecule has 2 rings (SSSR count). The third-order valence-electron chi connectivity index (χ3n) is 2.76. The van der Waals surface area contributed by atoms with Crippen LogP contribution in [0, 0.1) is 11.8 Å². The molecule has 1 N–H and O–H groups in total. The van der Waals surface area contributed by atoms with Crippen molar-refractivity contribution in [3.8, 4) is 11.8 Å². The lowest BCUT2D eigenvalue weighted by molar-refractivity contribution is -0.0441. The van der Waals surface area contributed by atoms with Crippen molar-refractivity contribution < 1.29 is 19.0 Å². The lowest BCUT2D eigenvalue weighted by atomic mass is 10.1. The molecule has 1 aromatic rings. The van der Waals surface area contributed by atoms with Crippen molar-refractivity contribution in [1.29, 1.82) is 0 Å². The van der Waals surface area contributed by atoms with Crippen LogP contribution in [0.4, 0.5) is 4.79 Å². The Kier molecular flexibility index (Phi) is 5.42. The van der Waals surface area contributed by atoms with Gasteiger partial charge in [0.2, 0.25) is 0 Å². The molecule has 1 aliphatic heterocycles. The van der Waals surface area contributed by atoms with Crippen LogP contribution in [0.1, 0.15) is 38.2 Å². The summed E-state index contributed by atoms with van der Waals surface area (Å²) in [4.78, 5) is 11.4. The topological polar surface area (TPSA) is 56.8 Å². The molecule has 1 amide bonds. The SMILES string of the molecule is CC(C)(C)OC(=O)NCC#Cc1ccc(C2OCCO2)cc1. The Morgan fingerprint density at radius 2 is 1.91 bits per heavy atom. The molecule has 22 heavy (non-hydrogen) atoms. The van der Waals surface area contributed by atoms with Gasteiger partial charge in [0.25, 0.3) is 0 Å². The van der Waals surface area contributed by atoms with Gasteiger partial charge in [0.15, 0.2) is 6.29 Å². The third kappa shape index (κ3) is 5.40. The van der Waals surface area contributed by atoms with E-state index in [1.165, 1.54) is 0 Å². The van der Waals surface area contributed by atoms with Gasteiger partial charge < -0.3 is 19.5 Å². The van der Waals surface area contributed by atoms with Crippen LogP contribution in [0.3, 0.4) is 0 Å². The Bertz CT molecular complexity index is 557. The smallest absolute Gasteiger partial charge is 0.408 e. The maximum Gasteiger partial charge on any atom is 0.408 e. The second-order valence-corrected chi connectivity index (χ2v) is 5.85. The van der Waals surface area contributed by atoms with E-state index in [4.69, 9.17) is 14.2 Å². The molecule has 5 heteroatoms. The standard InChI is InChI=1S/C17H21NO4/c1-17(2,3)22-16(19)18-10-4-5-13-6-8-14(9-7-13)15-20-11-12-21-15/h6-9,15H,10-12H2,1-3H3,(H,18,19). The van der Waals surface area contributed by atoms with Crippen LogP contribution < -0.4 is 5.32 Å². The molecule has 0 atom stereocenters. The lowest BCUT2D eigenvalue weighted by Gasteiger charge is -2.19. The van der Waals surface area contributed by atoms with Gasteiger partial charge >= 0.3 is 6.09 Å². The summed E-state index contributed by atoms with van der Waals surface area (Å²) in [5.41, 5.74) is 1.35. The fourth-order valence-corrected chi connectivity index (χ4v) is 1.85. The van der Waals surface area contributed by atoms with Gasteiger partial charge in [0.05, 0.1) is 19.8 Å². The average molecular weight is 303 g/mol. The Balaban J connectivity index is 1.80. The highest BCUT2D eigenvalue weighted by molar-refractivity contribution is 5.68. The van der Waals surface area contributed by atoms with Gasteiger partial charge in [-0.1, -0.05) is 24.0 Å². The zero-order valence-electron chi connectivity index (χ0n) is 13.1. The average Bonchev–Trinajstić information content (AvgIpc) is 2.96. The van der Waals surface area contributed by atoms with Gasteiger partial charge in [0, 0.05) is 11.1 Å². The molecule has 0 aromatic heterocycles. The second-order valence-electron chi connectivity index (χ2n) is 5.85. The Morgan fingerprint density at radius 3 is 2.50 bits per heavy atom. The molecule has 0 saturated carbocycles. The van der Waals surface area contributed by atoms with Crippen molar-refractivity contribution >= 4 is 6.09 Å². The summed E-state index contributed by atoms with van der Waals surface area (Å²) in [5, 5.41) is 2.59. The normalized spacial score (nSPS) is 15.0. The van der Waals surface area contributed by atoms with Crippen LogP contribution in [0.5, 0.6) is 0 Å². The number of amides is 1. The van der Waals surface area contributed by atoms with Gasteiger partial charge in [-0.15, -0.1) is 0 Å². The number of hydrogen-bond donors (Lipinski definition) is 1. The van der Waals surface area contributed by atoms with E-state index >= 15 is 0 Å². The first-order valence-electron chi connectivity index (χ1n) is 7.23. The summed E-state index contributed by atoms with van der Waals surface area (Å²) in [7, 11) is 0. The monoisotopic (exact) mass is 303 g/mol. The number of alkyl carbamates (subject to hydrolysis) is 1. The van der Waals surface area contributed by atoms with Gasteiger partial charge in [-0.2, -0.15) is 0 Å². The van der Waals surface area contributed by atoms with Crippen molar-refractivity contribution in [2.24, 2.45) is 0 Å². The largest absolute Gasteiger partial charge is 0.444 e. The molecule has 1 fully saturated rings. The highest BCUT2D eigenvalue weighted by atomic mass is 16.7. The first-order chi connectivity index (χ1) is 10.4. The Hall–Kier alpha value is -2.03. The number of carbonyl (C=O) groups excluding carboxylic acids is 1. The Morgan fingerprint density at radius 1 is 1.27 bits per heavy atom. The quantitative estimate of drug-likeness (QED) is 0.853. The summed E-state index contributed by atoms with van der Waals surface area (Å²) < 4.78 is 16.0. The molecule has 1 aromatic carbocycles. The maximum absolute atomic E-state index is 11.4. The summed E-state index contributed by atoms with van der Waals surface area (Å²) >= 11 is 0. The van der Waals surface area contributed by atoms with Crippen molar-refractivity contribution in [1.82, 2.24) is 5.32 Å². The van der Waals surface area contributed by atoms with E-state index in [1.54, 1.807) is 0 Å². The van der Waals surface area contributed by atoms with Crippen LogP contribution in [0.25, 0.3) is 0 Å². The van der Waals surface area contributed by atoms with Crippen LogP contribution in [-0.2, 0) is 14.2 Å². The molecule has 0 unspecified atom stereocenters. The minimum atomic E-state index is -0.502. The molecule has 1 heterocycles. The van der Waals surface area contributed by atoms with E-state index in [0.717, 1.165) is 11.1 Å². The van der Waals surface area contributed by atoms with Gasteiger partial charge in [0.1, 0.15) is 5.60 Å². The minimum Gasteiger partial charge on any atom is -0.444 e. The maximum atomic E-state index is 11.4. The van der Waals surface area contributed by atoms with Crippen molar-refractivity contribution in [3.05, 3.63) is 35.4 Å². The fourth-order valence-electron chi connectivity index (χ4n) is 1.85. The molecular formula is C17H21NO4. The zero-order chi connectivity index (χ0) is 16.0. The summed E-state index contributed by atoms with van der Waals surface area (Å²) in [6.07, 6.45) is -0.733. The highest BCUT2D eigenvalue weighted by Gasteiger charge is 2.17. The number of ether oxygens (including phenoxy) is 3. The molecular weight excluding hydrogens is 282 g/mol. The molecule has 1 saturated heterocycles. The van der Waals surface area contributed by atoms with E-state index in [0.29, 0.717) is 13.2 Å². The molecule has 0 radical (unpaired) electrons. The van der Waals surface area contributed by atoms with Gasteiger partial charge in [-0.05, 0) is 32.9 Å². The van der Waals surface area contributed by atoms with Crippen LogP contribution >= 0.6 is 0 Å². The molecule has 5 nitrogen and oxygen atoms in total. The van der Waals surface area contributed by atoms with E-state index in [1.807, 2.05) is 45.0 Å². The molecule has 118 valence electrons. The zero-order valence-corrected chi connectivity index (χ0v) is 13.1. The third-order valence-corrected chi connectivity index (χ3v) is 2.76. The van der Waals surface area contributed by atoms with E-state index < -0.39 is 11.7 Å². The van der Waals surface area contributed by atoms with Gasteiger partial charge in [-0.3, -0.25) is 0 Å². The van der Waals surface area contributed by atoms with Crippen molar-refractivity contribution in [2.75, 3.05) is 19.8 Å². The minimum absolute atomic E-state index is 0.242. The number of rotatable bonds is 2. The van der Waals surface area contributed by atoms with E-state index in [-0.39, 0.29) is 12.8 Å². The number of hydrogen-bond acceptors (Lipinski definition) is 4. The highest BCUT2D eigenvalue weighted by Crippen LogP contribution is 2.22. The number of nitrogens with one attached hydrogen (secondary N) is 1. The molecule has 1 aliphatic rings. The van der Waals surface area contributed by atoms with Gasteiger partial charge in [-0.25, -0.2) is 4.79 Å². The van der Waals surface area contributed by atoms with Crippen LogP contribution in [0.15, 0.2) is 24.3 Å². The number of benzene rings is 1. The Labute approximate surface area is 130 Å². The van der Waals surface area contributed by atoms with Crippen LogP contribution in [0.2, 0.25) is 0 Å². The molecule has 0 spiro atoms. The lowest BCUT2D eigenvalue weighted by Crippen LogP contribution is -2.32. The van der Waals surface area contributed by atoms with E-state index in [9.17, 15) is 4.79 Å². The predicted octanol–water partition coefficient (Wildman–Crippen LogP) is 2.61. The summed E-state index contributed by atoms with van der Waals surface area (Å²) in [6.45, 7) is 6.95. The number of carbonyl (C=O) groups is 1. The molecule has 0 bridgehead atoms. The fraction of sp³-hybridized carbons (Fsp3) is 0.471. The summed E-state index contributed by atoms with van der Waals surface area (Å²) in [6, 6.07) is 7.67. The van der Waals surface area contributed by atoms with E-state index in [2.05, 4.69) is 17.2 Å².